The molecule has 1 aliphatic rings. The lowest BCUT2D eigenvalue weighted by Crippen LogP contribution is -2.37. The first kappa shape index (κ1) is 10.1. The molecule has 4 heteroatoms. The standard InChI is InChI=1S/C8H16N2S2/c1-2-9-8(11)10-5-7-3-4-12-6-7/h7H,2-6H2,1H3,(H2,9,10,11). The molecule has 12 heavy (non-hydrogen) atoms. The van der Waals surface area contributed by atoms with Crippen LogP contribution in [-0.4, -0.2) is 29.7 Å². The van der Waals surface area contributed by atoms with Crippen molar-refractivity contribution in [2.45, 2.75) is 13.3 Å². The third kappa shape index (κ3) is 3.63. The molecule has 1 rings (SSSR count). The van der Waals surface area contributed by atoms with Crippen LogP contribution in [0.3, 0.4) is 0 Å². The number of thioether (sulfide) groups is 1. The van der Waals surface area contributed by atoms with Crippen molar-refractivity contribution in [3.63, 3.8) is 0 Å². The van der Waals surface area contributed by atoms with Crippen molar-refractivity contribution < 1.29 is 0 Å². The van der Waals surface area contributed by atoms with Crippen LogP contribution in [0.25, 0.3) is 0 Å². The molecule has 0 amide bonds. The summed E-state index contributed by atoms with van der Waals surface area (Å²) < 4.78 is 0. The van der Waals surface area contributed by atoms with Crippen molar-refractivity contribution in [1.29, 1.82) is 0 Å². The van der Waals surface area contributed by atoms with Crippen molar-refractivity contribution >= 4 is 29.1 Å². The Morgan fingerprint density at radius 1 is 1.58 bits per heavy atom. The predicted octanol–water partition coefficient (Wildman–Crippen LogP) is 1.22. The van der Waals surface area contributed by atoms with Crippen LogP contribution in [0.2, 0.25) is 0 Å². The fourth-order valence-electron chi connectivity index (χ4n) is 1.20. The van der Waals surface area contributed by atoms with E-state index < -0.39 is 0 Å². The van der Waals surface area contributed by atoms with Crippen LogP contribution in [0.1, 0.15) is 13.3 Å². The fourth-order valence-corrected chi connectivity index (χ4v) is 2.72. The minimum Gasteiger partial charge on any atom is -0.363 e. The summed E-state index contributed by atoms with van der Waals surface area (Å²) in [5.41, 5.74) is 0. The van der Waals surface area contributed by atoms with Gasteiger partial charge in [0.1, 0.15) is 0 Å². The molecule has 70 valence electrons. The lowest BCUT2D eigenvalue weighted by Gasteiger charge is -2.12. The van der Waals surface area contributed by atoms with Crippen molar-refractivity contribution in [3.05, 3.63) is 0 Å². The summed E-state index contributed by atoms with van der Waals surface area (Å²) in [5.74, 6) is 3.44. The van der Waals surface area contributed by atoms with Gasteiger partial charge in [-0.25, -0.2) is 0 Å². The highest BCUT2D eigenvalue weighted by molar-refractivity contribution is 7.99. The molecule has 0 aromatic carbocycles. The molecule has 1 atom stereocenters. The van der Waals surface area contributed by atoms with Crippen LogP contribution >= 0.6 is 24.0 Å². The summed E-state index contributed by atoms with van der Waals surface area (Å²) in [7, 11) is 0. The van der Waals surface area contributed by atoms with E-state index in [0.717, 1.165) is 24.1 Å². The van der Waals surface area contributed by atoms with E-state index in [4.69, 9.17) is 12.2 Å². The van der Waals surface area contributed by atoms with Crippen molar-refractivity contribution in [2.75, 3.05) is 24.6 Å². The van der Waals surface area contributed by atoms with Crippen LogP contribution in [0.4, 0.5) is 0 Å². The van der Waals surface area contributed by atoms with Gasteiger partial charge in [0.25, 0.3) is 0 Å². The Morgan fingerprint density at radius 3 is 3.00 bits per heavy atom. The lowest BCUT2D eigenvalue weighted by molar-refractivity contribution is 0.578. The minimum absolute atomic E-state index is 0.800. The van der Waals surface area contributed by atoms with Gasteiger partial charge in [-0.05, 0) is 43.0 Å². The van der Waals surface area contributed by atoms with Crippen molar-refractivity contribution in [3.8, 4) is 0 Å². The molecule has 2 N–H and O–H groups in total. The van der Waals surface area contributed by atoms with E-state index in [0.29, 0.717) is 0 Å². The zero-order valence-corrected chi connectivity index (χ0v) is 9.06. The Labute approximate surface area is 83.9 Å². The monoisotopic (exact) mass is 204 g/mol. The first-order valence-electron chi connectivity index (χ1n) is 4.42. The molecule has 0 aromatic rings. The Morgan fingerprint density at radius 2 is 2.42 bits per heavy atom. The quantitative estimate of drug-likeness (QED) is 0.675. The van der Waals surface area contributed by atoms with E-state index in [1.165, 1.54) is 17.9 Å². The Balaban J connectivity index is 2.03. The molecule has 0 radical (unpaired) electrons. The second kappa shape index (κ2) is 5.65. The van der Waals surface area contributed by atoms with Crippen molar-refractivity contribution in [1.82, 2.24) is 10.6 Å². The largest absolute Gasteiger partial charge is 0.363 e. The third-order valence-corrected chi connectivity index (χ3v) is 3.43. The molecular weight excluding hydrogens is 188 g/mol. The van der Waals surface area contributed by atoms with E-state index in [1.807, 2.05) is 11.8 Å². The SMILES string of the molecule is CCNC(=S)NCC1CCSC1. The van der Waals surface area contributed by atoms with E-state index in [-0.39, 0.29) is 0 Å². The Bertz CT molecular complexity index is 144. The summed E-state index contributed by atoms with van der Waals surface area (Å²) in [4.78, 5) is 0. The van der Waals surface area contributed by atoms with Gasteiger partial charge in [-0.1, -0.05) is 0 Å². The van der Waals surface area contributed by atoms with E-state index >= 15 is 0 Å². The molecule has 0 bridgehead atoms. The molecule has 1 heterocycles. The smallest absolute Gasteiger partial charge is 0.166 e. The maximum Gasteiger partial charge on any atom is 0.166 e. The third-order valence-electron chi connectivity index (χ3n) is 1.91. The van der Waals surface area contributed by atoms with Gasteiger partial charge in [-0.2, -0.15) is 11.8 Å². The molecule has 1 aliphatic heterocycles. The van der Waals surface area contributed by atoms with Crippen molar-refractivity contribution in [2.24, 2.45) is 5.92 Å². The van der Waals surface area contributed by atoms with Crippen LogP contribution in [0.15, 0.2) is 0 Å². The molecule has 0 aliphatic carbocycles. The van der Waals surface area contributed by atoms with Gasteiger partial charge in [0.2, 0.25) is 0 Å². The molecule has 2 nitrogen and oxygen atoms in total. The van der Waals surface area contributed by atoms with Gasteiger partial charge in [0, 0.05) is 13.1 Å². The molecule has 0 spiro atoms. The summed E-state index contributed by atoms with van der Waals surface area (Å²) in [5, 5.41) is 7.12. The number of hydrogen-bond acceptors (Lipinski definition) is 2. The topological polar surface area (TPSA) is 24.1 Å². The second-order valence-electron chi connectivity index (χ2n) is 2.97. The first-order chi connectivity index (χ1) is 5.83. The second-order valence-corrected chi connectivity index (χ2v) is 4.53. The first-order valence-corrected chi connectivity index (χ1v) is 5.98. The molecule has 1 fully saturated rings. The highest BCUT2D eigenvalue weighted by atomic mass is 32.2. The van der Waals surface area contributed by atoms with Crippen LogP contribution < -0.4 is 10.6 Å². The van der Waals surface area contributed by atoms with Crippen LogP contribution in [-0.2, 0) is 0 Å². The predicted molar refractivity (Wildman–Crippen MR) is 59.7 cm³/mol. The minimum atomic E-state index is 0.800. The Kier molecular flexibility index (Phi) is 4.76. The average molecular weight is 204 g/mol. The molecule has 0 saturated carbocycles. The lowest BCUT2D eigenvalue weighted by atomic mass is 10.1. The van der Waals surface area contributed by atoms with Gasteiger partial charge >= 0.3 is 0 Å². The zero-order chi connectivity index (χ0) is 8.81. The maximum atomic E-state index is 5.06. The van der Waals surface area contributed by atoms with E-state index in [2.05, 4.69) is 17.6 Å². The fraction of sp³-hybridized carbons (Fsp3) is 0.875. The number of thiocarbonyl (C=S) groups is 1. The van der Waals surface area contributed by atoms with Gasteiger partial charge in [-0.3, -0.25) is 0 Å². The maximum absolute atomic E-state index is 5.06. The number of nitrogens with one attached hydrogen (secondary N) is 2. The summed E-state index contributed by atoms with van der Waals surface area (Å²) in [6.07, 6.45) is 1.34. The highest BCUT2D eigenvalue weighted by Gasteiger charge is 2.14. The highest BCUT2D eigenvalue weighted by Crippen LogP contribution is 2.22. The van der Waals surface area contributed by atoms with Gasteiger partial charge in [0.05, 0.1) is 0 Å². The van der Waals surface area contributed by atoms with Crippen LogP contribution in [0.5, 0.6) is 0 Å². The summed E-state index contributed by atoms with van der Waals surface area (Å²) in [6, 6.07) is 0. The Hall–Kier alpha value is 0.0400. The van der Waals surface area contributed by atoms with E-state index in [9.17, 15) is 0 Å². The van der Waals surface area contributed by atoms with Crippen LogP contribution in [0, 0.1) is 5.92 Å². The molecular formula is C8H16N2S2. The molecule has 1 saturated heterocycles. The average Bonchev–Trinajstić information content (AvgIpc) is 2.53. The number of rotatable bonds is 3. The normalized spacial score (nSPS) is 22.2. The van der Waals surface area contributed by atoms with Gasteiger partial charge in [0.15, 0.2) is 5.11 Å². The molecule has 0 aromatic heterocycles. The number of hydrogen-bond donors (Lipinski definition) is 2. The molecule has 1 unspecified atom stereocenters. The summed E-state index contributed by atoms with van der Waals surface area (Å²) in [6.45, 7) is 4.00. The van der Waals surface area contributed by atoms with Gasteiger partial charge in [-0.15, -0.1) is 0 Å². The zero-order valence-electron chi connectivity index (χ0n) is 7.43. The van der Waals surface area contributed by atoms with Gasteiger partial charge < -0.3 is 10.6 Å². The summed E-state index contributed by atoms with van der Waals surface area (Å²) >= 11 is 7.10. The van der Waals surface area contributed by atoms with E-state index in [1.54, 1.807) is 0 Å².